The lowest BCUT2D eigenvalue weighted by molar-refractivity contribution is -0.117. The standard InChI is InChI=1S/C26H26FN3O2/c27-21-8-10-22(11-9-21)29-12-3-13-30(15-14-29)26(32)23-16-19-4-1-2-5-20(19)17-24(23)28-25(31)18-6-7-18/h1-2,4-5,8-11,16-18H,3,6-7,12-15H2,(H,28,31). The van der Waals surface area contributed by atoms with Gasteiger partial charge in [0.25, 0.3) is 5.91 Å². The van der Waals surface area contributed by atoms with Crippen LogP contribution in [-0.4, -0.2) is 42.9 Å². The summed E-state index contributed by atoms with van der Waals surface area (Å²) in [5, 5.41) is 4.98. The van der Waals surface area contributed by atoms with Crippen molar-refractivity contribution in [3.8, 4) is 0 Å². The lowest BCUT2D eigenvalue weighted by Crippen LogP contribution is -2.35. The van der Waals surface area contributed by atoms with Gasteiger partial charge < -0.3 is 15.1 Å². The highest BCUT2D eigenvalue weighted by molar-refractivity contribution is 6.08. The molecule has 3 aromatic rings. The molecule has 32 heavy (non-hydrogen) atoms. The zero-order valence-corrected chi connectivity index (χ0v) is 17.9. The number of fused-ring (bicyclic) bond motifs is 1. The monoisotopic (exact) mass is 431 g/mol. The molecule has 0 atom stereocenters. The van der Waals surface area contributed by atoms with Crippen molar-refractivity contribution in [3.05, 3.63) is 72.0 Å². The summed E-state index contributed by atoms with van der Waals surface area (Å²) in [6.45, 7) is 2.69. The molecular formula is C26H26FN3O2. The van der Waals surface area contributed by atoms with Crippen LogP contribution in [0.2, 0.25) is 0 Å². The fourth-order valence-corrected chi connectivity index (χ4v) is 4.30. The summed E-state index contributed by atoms with van der Waals surface area (Å²) >= 11 is 0. The number of hydrogen-bond acceptors (Lipinski definition) is 3. The maximum absolute atomic E-state index is 13.6. The van der Waals surface area contributed by atoms with Gasteiger partial charge in [-0.15, -0.1) is 0 Å². The van der Waals surface area contributed by atoms with Crippen LogP contribution in [0.3, 0.4) is 0 Å². The van der Waals surface area contributed by atoms with Gasteiger partial charge in [0.15, 0.2) is 0 Å². The number of nitrogens with one attached hydrogen (secondary N) is 1. The number of carbonyl (C=O) groups is 2. The van der Waals surface area contributed by atoms with E-state index in [1.54, 1.807) is 12.1 Å². The van der Waals surface area contributed by atoms with E-state index in [0.717, 1.165) is 42.3 Å². The first-order chi connectivity index (χ1) is 15.6. The van der Waals surface area contributed by atoms with Crippen molar-refractivity contribution < 1.29 is 14.0 Å². The molecule has 1 saturated carbocycles. The molecule has 1 N–H and O–H groups in total. The number of hydrogen-bond donors (Lipinski definition) is 1. The average Bonchev–Trinajstić information content (AvgIpc) is 3.66. The molecule has 1 aliphatic heterocycles. The zero-order chi connectivity index (χ0) is 22.1. The van der Waals surface area contributed by atoms with Crippen LogP contribution in [0.4, 0.5) is 15.8 Å². The van der Waals surface area contributed by atoms with Crippen LogP contribution in [0.1, 0.15) is 29.6 Å². The number of rotatable bonds is 4. The van der Waals surface area contributed by atoms with Crippen molar-refractivity contribution in [2.75, 3.05) is 36.4 Å². The van der Waals surface area contributed by atoms with Crippen molar-refractivity contribution >= 4 is 34.0 Å². The normalized spacial score (nSPS) is 16.7. The first-order valence-corrected chi connectivity index (χ1v) is 11.2. The van der Waals surface area contributed by atoms with Crippen LogP contribution >= 0.6 is 0 Å². The van der Waals surface area contributed by atoms with E-state index in [2.05, 4.69) is 10.2 Å². The van der Waals surface area contributed by atoms with E-state index >= 15 is 0 Å². The third kappa shape index (κ3) is 4.31. The highest BCUT2D eigenvalue weighted by Gasteiger charge is 2.31. The molecule has 1 aliphatic carbocycles. The Morgan fingerprint density at radius 3 is 2.31 bits per heavy atom. The first kappa shape index (κ1) is 20.5. The molecule has 0 radical (unpaired) electrons. The molecule has 0 aromatic heterocycles. The van der Waals surface area contributed by atoms with Gasteiger partial charge in [-0.1, -0.05) is 24.3 Å². The van der Waals surface area contributed by atoms with E-state index in [1.807, 2.05) is 41.3 Å². The van der Waals surface area contributed by atoms with E-state index in [9.17, 15) is 14.0 Å². The number of amides is 2. The minimum absolute atomic E-state index is 0.00678. The van der Waals surface area contributed by atoms with Gasteiger partial charge in [0, 0.05) is 37.8 Å². The molecule has 0 bridgehead atoms. The summed E-state index contributed by atoms with van der Waals surface area (Å²) in [6.07, 6.45) is 2.64. The molecule has 164 valence electrons. The van der Waals surface area contributed by atoms with Gasteiger partial charge in [-0.3, -0.25) is 9.59 Å². The molecule has 3 aromatic carbocycles. The number of benzene rings is 3. The number of anilines is 2. The molecule has 2 aliphatic rings. The highest BCUT2D eigenvalue weighted by atomic mass is 19.1. The molecule has 5 nitrogen and oxygen atoms in total. The minimum Gasteiger partial charge on any atom is -0.370 e. The van der Waals surface area contributed by atoms with Gasteiger partial charge >= 0.3 is 0 Å². The summed E-state index contributed by atoms with van der Waals surface area (Å²) < 4.78 is 13.3. The SMILES string of the molecule is O=C(Nc1cc2ccccc2cc1C(=O)N1CCCN(c2ccc(F)cc2)CC1)C1CC1. The molecule has 0 spiro atoms. The summed E-state index contributed by atoms with van der Waals surface area (Å²) in [5.74, 6) is -0.264. The van der Waals surface area contributed by atoms with Gasteiger partial charge in [0.05, 0.1) is 11.3 Å². The Bertz CT molecular complexity index is 1160. The van der Waals surface area contributed by atoms with Gasteiger partial charge in [-0.05, 0) is 66.4 Å². The van der Waals surface area contributed by atoms with Crippen molar-refractivity contribution in [1.82, 2.24) is 4.90 Å². The van der Waals surface area contributed by atoms with Crippen molar-refractivity contribution in [3.63, 3.8) is 0 Å². The average molecular weight is 432 g/mol. The smallest absolute Gasteiger partial charge is 0.256 e. The van der Waals surface area contributed by atoms with Crippen LogP contribution in [0.5, 0.6) is 0 Å². The molecular weight excluding hydrogens is 405 g/mol. The Hall–Kier alpha value is -3.41. The second kappa shape index (κ2) is 8.61. The van der Waals surface area contributed by atoms with Crippen LogP contribution in [0.25, 0.3) is 10.8 Å². The van der Waals surface area contributed by atoms with Crippen molar-refractivity contribution in [2.45, 2.75) is 19.3 Å². The second-order valence-electron chi connectivity index (χ2n) is 8.62. The van der Waals surface area contributed by atoms with Crippen molar-refractivity contribution in [1.29, 1.82) is 0 Å². The quantitative estimate of drug-likeness (QED) is 0.653. The molecule has 2 amide bonds. The third-order valence-electron chi connectivity index (χ3n) is 6.30. The Kier molecular flexibility index (Phi) is 5.52. The van der Waals surface area contributed by atoms with Crippen molar-refractivity contribution in [2.24, 2.45) is 5.92 Å². The summed E-state index contributed by atoms with van der Waals surface area (Å²) in [5.41, 5.74) is 2.09. The van der Waals surface area contributed by atoms with Crippen LogP contribution in [0, 0.1) is 11.7 Å². The van der Waals surface area contributed by atoms with Crippen LogP contribution in [-0.2, 0) is 4.79 Å². The lowest BCUT2D eigenvalue weighted by atomic mass is 10.0. The second-order valence-corrected chi connectivity index (χ2v) is 8.62. The van der Waals surface area contributed by atoms with E-state index in [1.165, 1.54) is 12.1 Å². The molecule has 1 saturated heterocycles. The molecule has 5 rings (SSSR count). The largest absolute Gasteiger partial charge is 0.370 e. The summed E-state index contributed by atoms with van der Waals surface area (Å²) in [4.78, 5) is 30.1. The maximum atomic E-state index is 13.6. The van der Waals surface area contributed by atoms with E-state index in [-0.39, 0.29) is 23.5 Å². The molecule has 6 heteroatoms. The van der Waals surface area contributed by atoms with Gasteiger partial charge in [0.2, 0.25) is 5.91 Å². The number of halogens is 1. The molecule has 1 heterocycles. The van der Waals surface area contributed by atoms with E-state index in [0.29, 0.717) is 30.9 Å². The summed E-state index contributed by atoms with van der Waals surface area (Å²) in [7, 11) is 0. The zero-order valence-electron chi connectivity index (χ0n) is 17.9. The maximum Gasteiger partial charge on any atom is 0.256 e. The number of nitrogens with zero attached hydrogens (tertiary/aromatic N) is 2. The van der Waals surface area contributed by atoms with Crippen LogP contribution in [0.15, 0.2) is 60.7 Å². The first-order valence-electron chi connectivity index (χ1n) is 11.2. The predicted octanol–water partition coefficient (Wildman–Crippen LogP) is 4.68. The molecule has 2 fully saturated rings. The number of carbonyl (C=O) groups excluding carboxylic acids is 2. The Morgan fingerprint density at radius 1 is 0.875 bits per heavy atom. The topological polar surface area (TPSA) is 52.7 Å². The van der Waals surface area contributed by atoms with E-state index in [4.69, 9.17) is 0 Å². The predicted molar refractivity (Wildman–Crippen MR) is 124 cm³/mol. The fourth-order valence-electron chi connectivity index (χ4n) is 4.30. The Balaban J connectivity index is 1.39. The van der Waals surface area contributed by atoms with Gasteiger partial charge in [-0.2, -0.15) is 0 Å². The molecule has 0 unspecified atom stereocenters. The van der Waals surface area contributed by atoms with Crippen LogP contribution < -0.4 is 10.2 Å². The fraction of sp³-hybridized carbons (Fsp3) is 0.308. The lowest BCUT2D eigenvalue weighted by Gasteiger charge is -2.24. The Morgan fingerprint density at radius 2 is 1.59 bits per heavy atom. The van der Waals surface area contributed by atoms with Gasteiger partial charge in [0.1, 0.15) is 5.82 Å². The Labute approximate surface area is 186 Å². The highest BCUT2D eigenvalue weighted by Crippen LogP contribution is 2.32. The third-order valence-corrected chi connectivity index (χ3v) is 6.30. The van der Waals surface area contributed by atoms with Gasteiger partial charge in [-0.25, -0.2) is 4.39 Å². The minimum atomic E-state index is -0.252. The van der Waals surface area contributed by atoms with E-state index < -0.39 is 0 Å². The summed E-state index contributed by atoms with van der Waals surface area (Å²) in [6, 6.07) is 18.2.